The fraction of sp³-hybridized carbons (Fsp3) is 0.545. The largest absolute Gasteiger partial charge is 0.469 e. The van der Waals surface area contributed by atoms with E-state index in [1.54, 1.807) is 0 Å². The first-order chi connectivity index (χ1) is 8.10. The minimum absolute atomic E-state index is 0.00862. The van der Waals surface area contributed by atoms with Crippen molar-refractivity contribution in [1.29, 1.82) is 0 Å². The zero-order valence-electron chi connectivity index (χ0n) is 10.3. The van der Waals surface area contributed by atoms with Crippen LogP contribution in [0, 0.1) is 0 Å². The van der Waals surface area contributed by atoms with Gasteiger partial charge in [-0.3, -0.25) is 14.6 Å². The summed E-state index contributed by atoms with van der Waals surface area (Å²) in [4.78, 5) is 31.4. The van der Waals surface area contributed by atoms with Crippen LogP contribution in [0.25, 0.3) is 0 Å². The first-order valence-corrected chi connectivity index (χ1v) is 5.52. The van der Waals surface area contributed by atoms with Crippen molar-refractivity contribution in [3.05, 3.63) is 22.1 Å². The van der Waals surface area contributed by atoms with Crippen molar-refractivity contribution in [2.75, 3.05) is 25.1 Å². The van der Waals surface area contributed by atoms with Gasteiger partial charge in [0.1, 0.15) is 0 Å². The van der Waals surface area contributed by atoms with Crippen molar-refractivity contribution >= 4 is 11.9 Å². The number of aromatic amines is 1. The van der Waals surface area contributed by atoms with E-state index in [2.05, 4.69) is 14.7 Å². The zero-order valence-corrected chi connectivity index (χ0v) is 10.3. The number of anilines is 1. The van der Waals surface area contributed by atoms with Crippen LogP contribution in [0.2, 0.25) is 0 Å². The van der Waals surface area contributed by atoms with Gasteiger partial charge in [-0.1, -0.05) is 0 Å². The van der Waals surface area contributed by atoms with E-state index in [4.69, 9.17) is 0 Å². The quantitative estimate of drug-likeness (QED) is 0.749. The van der Waals surface area contributed by atoms with Gasteiger partial charge in [0.15, 0.2) is 0 Å². The van der Waals surface area contributed by atoms with E-state index in [1.807, 2.05) is 18.7 Å². The molecule has 6 heteroatoms. The van der Waals surface area contributed by atoms with Crippen molar-refractivity contribution in [2.45, 2.75) is 20.3 Å². The number of H-pyrrole nitrogens is 1. The molecule has 1 heterocycles. The second-order valence-corrected chi connectivity index (χ2v) is 3.49. The maximum Gasteiger partial charge on any atom is 0.311 e. The Bertz CT molecular complexity index is 438. The lowest BCUT2D eigenvalue weighted by Crippen LogP contribution is -2.27. The second-order valence-electron chi connectivity index (χ2n) is 3.49. The van der Waals surface area contributed by atoms with E-state index in [0.717, 1.165) is 13.1 Å². The first kappa shape index (κ1) is 13.2. The standard InChI is InChI=1S/C11H17N3O3/c1-4-14(5-2)11-12-8(6-9(15)13-11)7-10(16)17-3/h6H,4-5,7H2,1-3H3,(H,12,13,15). The molecule has 1 aromatic heterocycles. The Hall–Kier alpha value is -1.85. The number of methoxy groups -OCH3 is 1. The van der Waals surface area contributed by atoms with Crippen LogP contribution < -0.4 is 10.5 Å². The maximum atomic E-state index is 11.4. The van der Waals surface area contributed by atoms with Crippen molar-refractivity contribution in [3.8, 4) is 0 Å². The Morgan fingerprint density at radius 1 is 1.47 bits per heavy atom. The van der Waals surface area contributed by atoms with E-state index in [9.17, 15) is 9.59 Å². The molecule has 1 aromatic rings. The van der Waals surface area contributed by atoms with E-state index in [0.29, 0.717) is 11.6 Å². The summed E-state index contributed by atoms with van der Waals surface area (Å²) in [6, 6.07) is 1.31. The molecule has 1 rings (SSSR count). The second kappa shape index (κ2) is 6.03. The number of hydrogen-bond acceptors (Lipinski definition) is 5. The van der Waals surface area contributed by atoms with Gasteiger partial charge in [0.25, 0.3) is 5.56 Å². The molecule has 17 heavy (non-hydrogen) atoms. The van der Waals surface area contributed by atoms with Gasteiger partial charge in [0, 0.05) is 19.2 Å². The van der Waals surface area contributed by atoms with Crippen LogP contribution >= 0.6 is 0 Å². The number of nitrogens with zero attached hydrogens (tertiary/aromatic N) is 2. The molecule has 0 atom stereocenters. The van der Waals surface area contributed by atoms with E-state index < -0.39 is 5.97 Å². The van der Waals surface area contributed by atoms with Gasteiger partial charge in [-0.25, -0.2) is 4.98 Å². The molecule has 0 aromatic carbocycles. The lowest BCUT2D eigenvalue weighted by Gasteiger charge is -2.19. The Labute approximate surface area is 99.6 Å². The zero-order chi connectivity index (χ0) is 12.8. The number of esters is 1. The van der Waals surface area contributed by atoms with Crippen LogP contribution in [0.5, 0.6) is 0 Å². The molecule has 0 aliphatic heterocycles. The summed E-state index contributed by atoms with van der Waals surface area (Å²) in [5.74, 6) is 0.0787. The Morgan fingerprint density at radius 3 is 2.65 bits per heavy atom. The normalized spacial score (nSPS) is 10.1. The smallest absolute Gasteiger partial charge is 0.311 e. The summed E-state index contributed by atoms with van der Waals surface area (Å²) in [5, 5.41) is 0. The minimum atomic E-state index is -0.409. The third-order valence-corrected chi connectivity index (χ3v) is 2.40. The van der Waals surface area contributed by atoms with Crippen LogP contribution in [0.4, 0.5) is 5.95 Å². The molecule has 0 saturated heterocycles. The molecule has 0 saturated carbocycles. The van der Waals surface area contributed by atoms with Crippen molar-refractivity contribution in [1.82, 2.24) is 9.97 Å². The van der Waals surface area contributed by atoms with Gasteiger partial charge in [-0.2, -0.15) is 0 Å². The summed E-state index contributed by atoms with van der Waals surface area (Å²) in [5.41, 5.74) is 0.156. The lowest BCUT2D eigenvalue weighted by molar-refractivity contribution is -0.139. The highest BCUT2D eigenvalue weighted by Crippen LogP contribution is 2.05. The molecule has 0 aliphatic carbocycles. The van der Waals surface area contributed by atoms with Crippen molar-refractivity contribution in [2.24, 2.45) is 0 Å². The van der Waals surface area contributed by atoms with Crippen LogP contribution in [0.3, 0.4) is 0 Å². The molecular weight excluding hydrogens is 222 g/mol. The average molecular weight is 239 g/mol. The number of carbonyl (C=O) groups excluding carboxylic acids is 1. The topological polar surface area (TPSA) is 75.3 Å². The summed E-state index contributed by atoms with van der Waals surface area (Å²) < 4.78 is 4.54. The summed E-state index contributed by atoms with van der Waals surface area (Å²) in [7, 11) is 1.31. The van der Waals surface area contributed by atoms with Gasteiger partial charge >= 0.3 is 5.97 Å². The average Bonchev–Trinajstić information content (AvgIpc) is 2.29. The molecule has 94 valence electrons. The number of ether oxygens (including phenoxy) is 1. The lowest BCUT2D eigenvalue weighted by atomic mass is 10.3. The van der Waals surface area contributed by atoms with E-state index in [1.165, 1.54) is 13.2 Å². The molecule has 0 spiro atoms. The fourth-order valence-electron chi connectivity index (χ4n) is 1.48. The highest BCUT2D eigenvalue weighted by Gasteiger charge is 2.10. The number of nitrogens with one attached hydrogen (secondary N) is 1. The highest BCUT2D eigenvalue weighted by atomic mass is 16.5. The summed E-state index contributed by atoms with van der Waals surface area (Å²) >= 11 is 0. The molecule has 0 radical (unpaired) electrons. The van der Waals surface area contributed by atoms with Crippen LogP contribution in [0.15, 0.2) is 10.9 Å². The molecule has 0 amide bonds. The van der Waals surface area contributed by atoms with Crippen LogP contribution in [-0.4, -0.2) is 36.1 Å². The van der Waals surface area contributed by atoms with Gasteiger partial charge < -0.3 is 9.64 Å². The van der Waals surface area contributed by atoms with Gasteiger partial charge in [-0.05, 0) is 13.8 Å². The van der Waals surface area contributed by atoms with Crippen LogP contribution in [-0.2, 0) is 16.0 Å². The van der Waals surface area contributed by atoms with Gasteiger partial charge in [0.2, 0.25) is 5.95 Å². The summed E-state index contributed by atoms with van der Waals surface area (Å²) in [6.45, 7) is 5.41. The molecule has 6 nitrogen and oxygen atoms in total. The first-order valence-electron chi connectivity index (χ1n) is 5.52. The maximum absolute atomic E-state index is 11.4. The predicted molar refractivity (Wildman–Crippen MR) is 64.1 cm³/mol. The Balaban J connectivity index is 3.01. The number of rotatable bonds is 5. The number of carbonyl (C=O) groups is 1. The van der Waals surface area contributed by atoms with Gasteiger partial charge in [-0.15, -0.1) is 0 Å². The Kier molecular flexibility index (Phi) is 4.68. The molecule has 1 N–H and O–H groups in total. The van der Waals surface area contributed by atoms with Crippen molar-refractivity contribution < 1.29 is 9.53 Å². The minimum Gasteiger partial charge on any atom is -0.469 e. The molecule has 0 unspecified atom stereocenters. The monoisotopic (exact) mass is 239 g/mol. The fourth-order valence-corrected chi connectivity index (χ4v) is 1.48. The Morgan fingerprint density at radius 2 is 2.12 bits per heavy atom. The third-order valence-electron chi connectivity index (χ3n) is 2.40. The molecule has 0 bridgehead atoms. The number of hydrogen-bond donors (Lipinski definition) is 1. The SMILES string of the molecule is CCN(CC)c1nc(CC(=O)OC)cc(=O)[nH]1. The predicted octanol–water partition coefficient (Wildman–Crippen LogP) is 0.332. The molecular formula is C11H17N3O3. The third kappa shape index (κ3) is 3.58. The summed E-state index contributed by atoms with van der Waals surface area (Å²) in [6.07, 6.45) is 0.00862. The molecule has 0 fully saturated rings. The number of aromatic nitrogens is 2. The highest BCUT2D eigenvalue weighted by molar-refractivity contribution is 5.71. The molecule has 0 aliphatic rings. The van der Waals surface area contributed by atoms with Gasteiger partial charge in [0.05, 0.1) is 19.2 Å². The van der Waals surface area contributed by atoms with Crippen molar-refractivity contribution in [3.63, 3.8) is 0 Å². The van der Waals surface area contributed by atoms with E-state index in [-0.39, 0.29) is 12.0 Å². The van der Waals surface area contributed by atoms with Crippen LogP contribution in [0.1, 0.15) is 19.5 Å². The van der Waals surface area contributed by atoms with E-state index >= 15 is 0 Å².